The summed E-state index contributed by atoms with van der Waals surface area (Å²) >= 11 is 1.80. The number of aryl methyl sites for hydroxylation is 2. The van der Waals surface area contributed by atoms with E-state index in [2.05, 4.69) is 36.2 Å². The Labute approximate surface area is 113 Å². The Morgan fingerprint density at radius 1 is 1.39 bits per heavy atom. The summed E-state index contributed by atoms with van der Waals surface area (Å²) < 4.78 is 5.20. The van der Waals surface area contributed by atoms with Crippen LogP contribution in [0.15, 0.2) is 9.52 Å². The number of aromatic nitrogens is 1. The lowest BCUT2D eigenvalue weighted by molar-refractivity contribution is 0.391. The lowest BCUT2D eigenvalue weighted by Crippen LogP contribution is -2.32. The van der Waals surface area contributed by atoms with E-state index in [9.17, 15) is 0 Å². The number of aliphatic imine (C=N–C) groups is 1. The molecule has 0 radical (unpaired) electrons. The highest BCUT2D eigenvalue weighted by atomic mass is 32.2. The van der Waals surface area contributed by atoms with Crippen LogP contribution in [-0.4, -0.2) is 22.6 Å². The molecular formula is C13H21N3OS. The Balaban J connectivity index is 2.05. The Morgan fingerprint density at radius 3 is 2.61 bits per heavy atom. The molecule has 0 spiro atoms. The molecule has 5 heteroatoms. The molecule has 1 aromatic heterocycles. The van der Waals surface area contributed by atoms with Crippen LogP contribution < -0.4 is 5.32 Å². The molecule has 0 fully saturated rings. The van der Waals surface area contributed by atoms with Crippen molar-refractivity contribution in [1.82, 2.24) is 10.5 Å². The summed E-state index contributed by atoms with van der Waals surface area (Å²) in [6.45, 7) is 11.4. The van der Waals surface area contributed by atoms with Crippen molar-refractivity contribution in [3.63, 3.8) is 0 Å². The molecule has 0 aliphatic carbocycles. The van der Waals surface area contributed by atoms with Crippen LogP contribution in [0.1, 0.15) is 43.8 Å². The van der Waals surface area contributed by atoms with Crippen LogP contribution in [0.3, 0.4) is 0 Å². The smallest absolute Gasteiger partial charge is 0.157 e. The van der Waals surface area contributed by atoms with Gasteiger partial charge in [0.25, 0.3) is 0 Å². The average Bonchev–Trinajstić information content (AvgIpc) is 2.62. The number of thioether (sulfide) groups is 1. The maximum atomic E-state index is 5.20. The molecule has 0 bridgehead atoms. The minimum atomic E-state index is 0.184. The van der Waals surface area contributed by atoms with E-state index >= 15 is 0 Å². The second kappa shape index (κ2) is 4.96. The van der Waals surface area contributed by atoms with Crippen LogP contribution in [0.2, 0.25) is 0 Å². The van der Waals surface area contributed by atoms with Crippen molar-refractivity contribution >= 4 is 16.9 Å². The van der Waals surface area contributed by atoms with Crippen LogP contribution in [-0.2, 0) is 0 Å². The highest BCUT2D eigenvalue weighted by Crippen LogP contribution is 2.29. The SMILES string of the molecule is Cc1noc(C)c1C(C)NC1=NCC(C)(C)CS1. The third-order valence-electron chi connectivity index (χ3n) is 3.11. The van der Waals surface area contributed by atoms with Crippen molar-refractivity contribution in [2.75, 3.05) is 12.3 Å². The van der Waals surface area contributed by atoms with E-state index in [1.165, 1.54) is 0 Å². The standard InChI is InChI=1S/C13H21N3OS/c1-8(11-9(2)16-17-10(11)3)15-12-14-6-13(4,5)7-18-12/h8H,6-7H2,1-5H3,(H,14,15). The first-order valence-corrected chi connectivity index (χ1v) is 7.24. The first-order chi connectivity index (χ1) is 8.39. The molecule has 1 aromatic rings. The van der Waals surface area contributed by atoms with Gasteiger partial charge in [0, 0.05) is 17.9 Å². The Morgan fingerprint density at radius 2 is 2.11 bits per heavy atom. The van der Waals surface area contributed by atoms with Crippen molar-refractivity contribution < 1.29 is 4.52 Å². The molecular weight excluding hydrogens is 246 g/mol. The monoisotopic (exact) mass is 267 g/mol. The van der Waals surface area contributed by atoms with Gasteiger partial charge >= 0.3 is 0 Å². The number of hydrogen-bond acceptors (Lipinski definition) is 5. The van der Waals surface area contributed by atoms with Gasteiger partial charge in [-0.1, -0.05) is 30.8 Å². The number of nitrogens with zero attached hydrogens (tertiary/aromatic N) is 2. The Kier molecular flexibility index (Phi) is 3.71. The maximum absolute atomic E-state index is 5.20. The fraction of sp³-hybridized carbons (Fsp3) is 0.692. The lowest BCUT2D eigenvalue weighted by atomic mass is 9.97. The van der Waals surface area contributed by atoms with Gasteiger partial charge in [-0.25, -0.2) is 0 Å². The molecule has 0 saturated heterocycles. The molecule has 1 unspecified atom stereocenters. The zero-order chi connectivity index (χ0) is 13.3. The predicted molar refractivity (Wildman–Crippen MR) is 76.1 cm³/mol. The van der Waals surface area contributed by atoms with Crippen molar-refractivity contribution in [2.45, 2.75) is 40.7 Å². The quantitative estimate of drug-likeness (QED) is 0.894. The van der Waals surface area contributed by atoms with Gasteiger partial charge in [-0.05, 0) is 26.2 Å². The van der Waals surface area contributed by atoms with Crippen LogP contribution in [0.4, 0.5) is 0 Å². The van der Waals surface area contributed by atoms with Crippen LogP contribution >= 0.6 is 11.8 Å². The minimum Gasteiger partial charge on any atom is -0.361 e. The van der Waals surface area contributed by atoms with E-state index in [0.717, 1.165) is 34.5 Å². The third kappa shape index (κ3) is 2.88. The number of rotatable bonds is 2. The van der Waals surface area contributed by atoms with E-state index in [4.69, 9.17) is 4.52 Å². The maximum Gasteiger partial charge on any atom is 0.157 e. The molecule has 1 N–H and O–H groups in total. The van der Waals surface area contributed by atoms with Gasteiger partial charge in [0.1, 0.15) is 5.76 Å². The molecule has 1 atom stereocenters. The van der Waals surface area contributed by atoms with E-state index in [-0.39, 0.29) is 6.04 Å². The van der Waals surface area contributed by atoms with Crippen molar-refractivity contribution in [3.05, 3.63) is 17.0 Å². The molecule has 2 rings (SSSR count). The van der Waals surface area contributed by atoms with Crippen molar-refractivity contribution in [2.24, 2.45) is 10.4 Å². The molecule has 100 valence electrons. The largest absolute Gasteiger partial charge is 0.361 e. The summed E-state index contributed by atoms with van der Waals surface area (Å²) in [5.41, 5.74) is 2.40. The van der Waals surface area contributed by atoms with E-state index in [0.29, 0.717) is 5.41 Å². The topological polar surface area (TPSA) is 50.4 Å². The summed E-state index contributed by atoms with van der Waals surface area (Å²) in [6.07, 6.45) is 0. The van der Waals surface area contributed by atoms with Gasteiger partial charge < -0.3 is 9.84 Å². The fourth-order valence-corrected chi connectivity index (χ4v) is 3.13. The summed E-state index contributed by atoms with van der Waals surface area (Å²) in [7, 11) is 0. The van der Waals surface area contributed by atoms with Gasteiger partial charge in [-0.15, -0.1) is 0 Å². The van der Waals surface area contributed by atoms with Gasteiger partial charge in [0.15, 0.2) is 5.17 Å². The highest BCUT2D eigenvalue weighted by Gasteiger charge is 2.25. The number of amidine groups is 1. The summed E-state index contributed by atoms with van der Waals surface area (Å²) in [4.78, 5) is 4.61. The molecule has 4 nitrogen and oxygen atoms in total. The molecule has 0 amide bonds. The molecule has 0 aromatic carbocycles. The van der Waals surface area contributed by atoms with E-state index < -0.39 is 0 Å². The number of hydrogen-bond donors (Lipinski definition) is 1. The Bertz CT molecular complexity index is 445. The summed E-state index contributed by atoms with van der Waals surface area (Å²) in [5, 5.41) is 8.47. The van der Waals surface area contributed by atoms with Crippen molar-refractivity contribution in [1.29, 1.82) is 0 Å². The average molecular weight is 267 g/mol. The first-order valence-electron chi connectivity index (χ1n) is 6.25. The minimum absolute atomic E-state index is 0.184. The summed E-state index contributed by atoms with van der Waals surface area (Å²) in [5.74, 6) is 1.99. The zero-order valence-corrected chi connectivity index (χ0v) is 12.5. The van der Waals surface area contributed by atoms with Gasteiger partial charge in [-0.3, -0.25) is 4.99 Å². The van der Waals surface area contributed by atoms with Crippen LogP contribution in [0.25, 0.3) is 0 Å². The lowest BCUT2D eigenvalue weighted by Gasteiger charge is -2.28. The second-order valence-electron chi connectivity index (χ2n) is 5.68. The van der Waals surface area contributed by atoms with Gasteiger partial charge in [0.2, 0.25) is 0 Å². The van der Waals surface area contributed by atoms with Crippen LogP contribution in [0, 0.1) is 19.3 Å². The fourth-order valence-electron chi connectivity index (χ4n) is 2.09. The number of nitrogens with one attached hydrogen (secondary N) is 1. The molecule has 1 aliphatic rings. The molecule has 1 aliphatic heterocycles. The molecule has 2 heterocycles. The second-order valence-corrected chi connectivity index (χ2v) is 6.64. The normalized spacial score (nSPS) is 20.4. The van der Waals surface area contributed by atoms with Gasteiger partial charge in [0.05, 0.1) is 11.7 Å². The third-order valence-corrected chi connectivity index (χ3v) is 4.56. The molecule has 18 heavy (non-hydrogen) atoms. The van der Waals surface area contributed by atoms with Crippen LogP contribution in [0.5, 0.6) is 0 Å². The zero-order valence-electron chi connectivity index (χ0n) is 11.7. The van der Waals surface area contributed by atoms with E-state index in [1.807, 2.05) is 13.8 Å². The highest BCUT2D eigenvalue weighted by molar-refractivity contribution is 8.13. The van der Waals surface area contributed by atoms with Gasteiger partial charge in [-0.2, -0.15) is 0 Å². The predicted octanol–water partition coefficient (Wildman–Crippen LogP) is 3.07. The first kappa shape index (κ1) is 13.5. The molecule has 0 saturated carbocycles. The van der Waals surface area contributed by atoms with Crippen molar-refractivity contribution in [3.8, 4) is 0 Å². The Hall–Kier alpha value is -0.970. The van der Waals surface area contributed by atoms with E-state index in [1.54, 1.807) is 11.8 Å². The summed E-state index contributed by atoms with van der Waals surface area (Å²) in [6, 6.07) is 0.184.